The molecule has 1 amide bonds. The molecule has 0 unspecified atom stereocenters. The SMILES string of the molecule is O=C(Nc1ccccc1OC(F)F)c1ccoc1Br. The summed E-state index contributed by atoms with van der Waals surface area (Å²) in [5.74, 6) is -0.601. The average Bonchev–Trinajstić information content (AvgIpc) is 2.77. The van der Waals surface area contributed by atoms with E-state index >= 15 is 0 Å². The Balaban J connectivity index is 2.19. The average molecular weight is 332 g/mol. The highest BCUT2D eigenvalue weighted by molar-refractivity contribution is 9.10. The van der Waals surface area contributed by atoms with Gasteiger partial charge in [-0.3, -0.25) is 4.79 Å². The molecular weight excluding hydrogens is 324 g/mol. The summed E-state index contributed by atoms with van der Waals surface area (Å²) >= 11 is 3.06. The molecule has 0 aliphatic carbocycles. The lowest BCUT2D eigenvalue weighted by Crippen LogP contribution is -2.13. The monoisotopic (exact) mass is 331 g/mol. The van der Waals surface area contributed by atoms with Gasteiger partial charge in [-0.1, -0.05) is 12.1 Å². The lowest BCUT2D eigenvalue weighted by molar-refractivity contribution is -0.0493. The molecule has 100 valence electrons. The first-order valence-corrected chi connectivity index (χ1v) is 5.95. The fourth-order valence-corrected chi connectivity index (χ4v) is 1.83. The Hall–Kier alpha value is -1.89. The van der Waals surface area contributed by atoms with E-state index in [0.717, 1.165) is 0 Å². The van der Waals surface area contributed by atoms with Crippen molar-refractivity contribution in [2.75, 3.05) is 5.32 Å². The lowest BCUT2D eigenvalue weighted by atomic mass is 10.2. The van der Waals surface area contributed by atoms with Crippen LogP contribution in [-0.2, 0) is 0 Å². The van der Waals surface area contributed by atoms with Gasteiger partial charge in [-0.2, -0.15) is 8.78 Å². The molecule has 0 saturated heterocycles. The quantitative estimate of drug-likeness (QED) is 0.924. The number of ether oxygens (including phenoxy) is 1. The molecule has 19 heavy (non-hydrogen) atoms. The first kappa shape index (κ1) is 13.5. The standard InChI is InChI=1S/C12H8BrF2NO3/c13-10-7(5-6-18-10)11(17)16-8-3-1-2-4-9(8)19-12(14)15/h1-6,12H,(H,16,17). The van der Waals surface area contributed by atoms with Gasteiger partial charge in [-0.05, 0) is 34.1 Å². The molecule has 0 radical (unpaired) electrons. The molecule has 0 spiro atoms. The number of para-hydroxylation sites is 2. The van der Waals surface area contributed by atoms with Gasteiger partial charge in [0, 0.05) is 0 Å². The summed E-state index contributed by atoms with van der Waals surface area (Å²) in [6, 6.07) is 7.38. The van der Waals surface area contributed by atoms with Gasteiger partial charge in [0.15, 0.2) is 4.67 Å². The number of anilines is 1. The molecular formula is C12H8BrF2NO3. The minimum atomic E-state index is -2.96. The summed E-state index contributed by atoms with van der Waals surface area (Å²) < 4.78 is 33.9. The number of benzene rings is 1. The highest BCUT2D eigenvalue weighted by Gasteiger charge is 2.16. The maximum atomic E-state index is 12.2. The van der Waals surface area contributed by atoms with Crippen LogP contribution in [0, 0.1) is 0 Å². The van der Waals surface area contributed by atoms with Gasteiger partial charge in [0.1, 0.15) is 5.75 Å². The molecule has 2 rings (SSSR count). The third-order valence-corrected chi connectivity index (χ3v) is 2.83. The summed E-state index contributed by atoms with van der Waals surface area (Å²) in [5.41, 5.74) is 0.410. The lowest BCUT2D eigenvalue weighted by Gasteiger charge is -2.11. The van der Waals surface area contributed by atoms with Crippen molar-refractivity contribution in [3.8, 4) is 5.75 Å². The minimum absolute atomic E-state index is 0.106. The van der Waals surface area contributed by atoms with E-state index < -0.39 is 12.5 Å². The van der Waals surface area contributed by atoms with Crippen molar-refractivity contribution in [2.45, 2.75) is 6.61 Å². The Labute approximate surface area is 115 Å². The van der Waals surface area contributed by atoms with Gasteiger partial charge in [0.05, 0.1) is 17.5 Å². The first-order valence-electron chi connectivity index (χ1n) is 5.16. The van der Waals surface area contributed by atoms with Gasteiger partial charge in [0.2, 0.25) is 0 Å². The van der Waals surface area contributed by atoms with Crippen molar-refractivity contribution in [3.63, 3.8) is 0 Å². The highest BCUT2D eigenvalue weighted by atomic mass is 79.9. The third kappa shape index (κ3) is 3.31. The fraction of sp³-hybridized carbons (Fsp3) is 0.0833. The maximum absolute atomic E-state index is 12.2. The summed E-state index contributed by atoms with van der Waals surface area (Å²) in [6.45, 7) is -2.96. The van der Waals surface area contributed by atoms with Crippen LogP contribution < -0.4 is 10.1 Å². The van der Waals surface area contributed by atoms with Crippen LogP contribution in [-0.4, -0.2) is 12.5 Å². The summed E-state index contributed by atoms with van der Waals surface area (Å²) in [7, 11) is 0. The van der Waals surface area contributed by atoms with Crippen LogP contribution in [0.1, 0.15) is 10.4 Å². The second-order valence-electron chi connectivity index (χ2n) is 3.44. The number of furan rings is 1. The van der Waals surface area contributed by atoms with E-state index in [9.17, 15) is 13.6 Å². The zero-order valence-electron chi connectivity index (χ0n) is 9.40. The Morgan fingerprint density at radius 1 is 1.32 bits per heavy atom. The van der Waals surface area contributed by atoms with E-state index in [0.29, 0.717) is 0 Å². The van der Waals surface area contributed by atoms with Crippen LogP contribution in [0.3, 0.4) is 0 Å². The second-order valence-corrected chi connectivity index (χ2v) is 4.16. The van der Waals surface area contributed by atoms with Crippen LogP contribution in [0.15, 0.2) is 45.7 Å². The van der Waals surface area contributed by atoms with Gasteiger partial charge >= 0.3 is 6.61 Å². The smallest absolute Gasteiger partial charge is 0.387 e. The number of alkyl halides is 2. The molecule has 0 aliphatic rings. The van der Waals surface area contributed by atoms with Gasteiger partial charge in [-0.15, -0.1) is 0 Å². The van der Waals surface area contributed by atoms with Crippen molar-refractivity contribution < 1.29 is 22.7 Å². The number of hydrogen-bond donors (Lipinski definition) is 1. The molecule has 0 atom stereocenters. The Morgan fingerprint density at radius 3 is 2.68 bits per heavy atom. The molecule has 1 aromatic carbocycles. The van der Waals surface area contributed by atoms with Crippen molar-refractivity contribution >= 4 is 27.5 Å². The van der Waals surface area contributed by atoms with Crippen LogP contribution in [0.2, 0.25) is 0 Å². The van der Waals surface area contributed by atoms with Crippen molar-refractivity contribution in [1.82, 2.24) is 0 Å². The zero-order valence-corrected chi connectivity index (χ0v) is 11.0. The van der Waals surface area contributed by atoms with Crippen LogP contribution in [0.25, 0.3) is 0 Å². The largest absolute Gasteiger partial charge is 0.457 e. The fourth-order valence-electron chi connectivity index (χ4n) is 1.41. The summed E-state index contributed by atoms with van der Waals surface area (Å²) in [4.78, 5) is 11.9. The van der Waals surface area contributed by atoms with Crippen molar-refractivity contribution in [3.05, 3.63) is 46.8 Å². The molecule has 4 nitrogen and oxygen atoms in total. The second kappa shape index (κ2) is 5.83. The molecule has 1 aromatic heterocycles. The molecule has 0 aliphatic heterocycles. The summed E-state index contributed by atoms with van der Waals surface area (Å²) in [6.07, 6.45) is 1.33. The number of carbonyl (C=O) groups excluding carboxylic acids is 1. The van der Waals surface area contributed by atoms with Gasteiger partial charge in [-0.25, -0.2) is 0 Å². The Kier molecular flexibility index (Phi) is 4.16. The van der Waals surface area contributed by atoms with Crippen molar-refractivity contribution in [2.24, 2.45) is 0 Å². The van der Waals surface area contributed by atoms with Crippen molar-refractivity contribution in [1.29, 1.82) is 0 Å². The highest BCUT2D eigenvalue weighted by Crippen LogP contribution is 2.27. The minimum Gasteiger partial charge on any atom is -0.457 e. The molecule has 0 saturated carbocycles. The molecule has 7 heteroatoms. The van der Waals surface area contributed by atoms with E-state index in [1.54, 1.807) is 6.07 Å². The molecule has 0 fully saturated rings. The predicted octanol–water partition coefficient (Wildman–Crippen LogP) is 3.90. The van der Waals surface area contributed by atoms with Gasteiger partial charge < -0.3 is 14.5 Å². The van der Waals surface area contributed by atoms with E-state index in [1.165, 1.54) is 30.5 Å². The third-order valence-electron chi connectivity index (χ3n) is 2.21. The van der Waals surface area contributed by atoms with E-state index in [4.69, 9.17) is 4.42 Å². The number of halogens is 3. The number of carbonyl (C=O) groups is 1. The van der Waals surface area contributed by atoms with E-state index in [-0.39, 0.29) is 21.7 Å². The topological polar surface area (TPSA) is 51.5 Å². The van der Waals surface area contributed by atoms with Gasteiger partial charge in [0.25, 0.3) is 5.91 Å². The number of rotatable bonds is 4. The first-order chi connectivity index (χ1) is 9.08. The number of amides is 1. The molecule has 2 aromatic rings. The number of nitrogens with one attached hydrogen (secondary N) is 1. The van der Waals surface area contributed by atoms with Crippen LogP contribution in [0.5, 0.6) is 5.75 Å². The zero-order chi connectivity index (χ0) is 13.8. The Morgan fingerprint density at radius 2 is 2.05 bits per heavy atom. The molecule has 0 bridgehead atoms. The summed E-state index contributed by atoms with van der Waals surface area (Å²) in [5, 5.41) is 2.47. The van der Waals surface area contributed by atoms with E-state index in [1.807, 2.05) is 0 Å². The Bertz CT molecular complexity index is 586. The van der Waals surface area contributed by atoms with Crippen LogP contribution >= 0.6 is 15.9 Å². The van der Waals surface area contributed by atoms with E-state index in [2.05, 4.69) is 26.0 Å². The number of hydrogen-bond acceptors (Lipinski definition) is 3. The molecule has 1 heterocycles. The maximum Gasteiger partial charge on any atom is 0.387 e. The molecule has 1 N–H and O–H groups in total. The normalized spacial score (nSPS) is 10.5. The predicted molar refractivity (Wildman–Crippen MR) is 67.4 cm³/mol. The van der Waals surface area contributed by atoms with Crippen LogP contribution in [0.4, 0.5) is 14.5 Å².